The Hall–Kier alpha value is -1.46. The zero-order valence-corrected chi connectivity index (χ0v) is 7.02. The summed E-state index contributed by atoms with van der Waals surface area (Å²) < 4.78 is 0. The molecule has 0 rings (SSSR count). The third kappa shape index (κ3) is 6.66. The Bertz CT molecular complexity index is 160. The van der Waals surface area contributed by atoms with Gasteiger partial charge in [0, 0.05) is 19.6 Å². The minimum absolute atomic E-state index is 0.247. The first-order valence-electron chi connectivity index (χ1n) is 3.71. The molecular formula is C6H14N4O2. The topological polar surface area (TPSA) is 96.2 Å². The highest BCUT2D eigenvalue weighted by Crippen LogP contribution is 1.63. The van der Waals surface area contributed by atoms with Crippen molar-refractivity contribution in [3.05, 3.63) is 0 Å². The zero-order chi connectivity index (χ0) is 9.40. The lowest BCUT2D eigenvalue weighted by atomic mass is 10.6. The summed E-state index contributed by atoms with van der Waals surface area (Å²) in [5.74, 6) is 0. The first-order chi connectivity index (χ1) is 5.66. The largest absolute Gasteiger partial charge is 0.352 e. The van der Waals surface area contributed by atoms with Gasteiger partial charge in [-0.1, -0.05) is 0 Å². The van der Waals surface area contributed by atoms with Crippen molar-refractivity contribution in [2.24, 2.45) is 5.73 Å². The Labute approximate surface area is 70.9 Å². The van der Waals surface area contributed by atoms with Crippen LogP contribution < -0.4 is 21.7 Å². The average molecular weight is 174 g/mol. The Kier molecular flexibility index (Phi) is 5.50. The number of nitrogens with one attached hydrogen (secondary N) is 3. The first kappa shape index (κ1) is 10.5. The Morgan fingerprint density at radius 1 is 1.17 bits per heavy atom. The predicted molar refractivity (Wildman–Crippen MR) is 44.7 cm³/mol. The molecule has 0 saturated carbocycles. The van der Waals surface area contributed by atoms with Crippen molar-refractivity contribution in [1.82, 2.24) is 16.0 Å². The van der Waals surface area contributed by atoms with Gasteiger partial charge in [0.15, 0.2) is 0 Å². The van der Waals surface area contributed by atoms with Gasteiger partial charge in [-0.15, -0.1) is 0 Å². The first-order valence-corrected chi connectivity index (χ1v) is 3.71. The van der Waals surface area contributed by atoms with E-state index in [2.05, 4.69) is 16.0 Å². The predicted octanol–water partition coefficient (Wildman–Crippen LogP) is -1.03. The van der Waals surface area contributed by atoms with Gasteiger partial charge in [0.1, 0.15) is 0 Å². The summed E-state index contributed by atoms with van der Waals surface area (Å²) in [6.07, 6.45) is 0. The molecule has 12 heavy (non-hydrogen) atoms. The van der Waals surface area contributed by atoms with Gasteiger partial charge in [-0.2, -0.15) is 0 Å². The molecule has 0 aliphatic heterocycles. The van der Waals surface area contributed by atoms with Crippen molar-refractivity contribution in [1.29, 1.82) is 0 Å². The third-order valence-electron chi connectivity index (χ3n) is 1.05. The number of carbonyl (C=O) groups is 2. The van der Waals surface area contributed by atoms with Crippen LogP contribution in [0.1, 0.15) is 6.92 Å². The van der Waals surface area contributed by atoms with Crippen LogP contribution in [0.2, 0.25) is 0 Å². The molecule has 0 aromatic heterocycles. The molecule has 0 unspecified atom stereocenters. The molecule has 0 bridgehead atoms. The summed E-state index contributed by atoms with van der Waals surface area (Å²) >= 11 is 0. The number of primary amides is 1. The number of carbonyl (C=O) groups excluding carboxylic acids is 2. The summed E-state index contributed by atoms with van der Waals surface area (Å²) in [5, 5.41) is 7.40. The highest BCUT2D eigenvalue weighted by molar-refractivity contribution is 5.74. The molecule has 6 heteroatoms. The lowest BCUT2D eigenvalue weighted by Crippen LogP contribution is -2.41. The normalized spacial score (nSPS) is 8.75. The van der Waals surface area contributed by atoms with E-state index in [9.17, 15) is 9.59 Å². The van der Waals surface area contributed by atoms with E-state index in [4.69, 9.17) is 5.73 Å². The maximum Gasteiger partial charge on any atom is 0.314 e. The number of rotatable bonds is 4. The van der Waals surface area contributed by atoms with Crippen molar-refractivity contribution >= 4 is 12.1 Å². The van der Waals surface area contributed by atoms with E-state index in [0.717, 1.165) is 0 Å². The standard InChI is InChI=1S/C6H14N4O2/c1-2-8-6(12)10-4-3-9-5(7)11/h2-4H2,1H3,(H3,7,9,11)(H2,8,10,12). The van der Waals surface area contributed by atoms with Crippen molar-refractivity contribution in [3.63, 3.8) is 0 Å². The SMILES string of the molecule is CCNC(=O)NCCNC(N)=O. The molecule has 0 spiro atoms. The van der Waals surface area contributed by atoms with E-state index in [0.29, 0.717) is 19.6 Å². The minimum Gasteiger partial charge on any atom is -0.352 e. The Morgan fingerprint density at radius 3 is 2.25 bits per heavy atom. The summed E-state index contributed by atoms with van der Waals surface area (Å²) in [5.41, 5.74) is 4.79. The lowest BCUT2D eigenvalue weighted by molar-refractivity contribution is 0.239. The van der Waals surface area contributed by atoms with Crippen molar-refractivity contribution in [3.8, 4) is 0 Å². The van der Waals surface area contributed by atoms with Crippen molar-refractivity contribution in [2.75, 3.05) is 19.6 Å². The van der Waals surface area contributed by atoms with E-state index in [1.54, 1.807) is 0 Å². The van der Waals surface area contributed by atoms with Gasteiger partial charge >= 0.3 is 12.1 Å². The number of urea groups is 2. The van der Waals surface area contributed by atoms with Gasteiger partial charge in [-0.25, -0.2) is 9.59 Å². The maximum atomic E-state index is 10.7. The third-order valence-corrected chi connectivity index (χ3v) is 1.05. The molecule has 0 radical (unpaired) electrons. The van der Waals surface area contributed by atoms with Crippen LogP contribution in [0, 0.1) is 0 Å². The fourth-order valence-corrected chi connectivity index (χ4v) is 0.585. The van der Waals surface area contributed by atoms with E-state index >= 15 is 0 Å². The van der Waals surface area contributed by atoms with E-state index < -0.39 is 6.03 Å². The van der Waals surface area contributed by atoms with E-state index in [1.807, 2.05) is 6.92 Å². The van der Waals surface area contributed by atoms with Crippen molar-refractivity contribution < 1.29 is 9.59 Å². The van der Waals surface area contributed by atoms with E-state index in [1.165, 1.54) is 0 Å². The molecule has 0 aromatic carbocycles. The Morgan fingerprint density at radius 2 is 1.75 bits per heavy atom. The van der Waals surface area contributed by atoms with Gasteiger partial charge in [0.05, 0.1) is 0 Å². The molecule has 0 heterocycles. The monoisotopic (exact) mass is 174 g/mol. The maximum absolute atomic E-state index is 10.7. The summed E-state index contributed by atoms with van der Waals surface area (Å²) in [6.45, 7) is 3.11. The van der Waals surface area contributed by atoms with Crippen LogP contribution in [-0.4, -0.2) is 31.7 Å². The molecule has 4 amide bonds. The average Bonchev–Trinajstić information content (AvgIpc) is 1.98. The molecule has 6 nitrogen and oxygen atoms in total. The molecule has 0 saturated heterocycles. The summed E-state index contributed by atoms with van der Waals surface area (Å²) in [4.78, 5) is 20.9. The van der Waals surface area contributed by atoms with Crippen LogP contribution in [0.25, 0.3) is 0 Å². The minimum atomic E-state index is -0.590. The van der Waals surface area contributed by atoms with Gasteiger partial charge in [-0.3, -0.25) is 0 Å². The molecule has 0 aliphatic rings. The second kappa shape index (κ2) is 6.26. The molecule has 0 atom stereocenters. The number of hydrogen-bond acceptors (Lipinski definition) is 2. The Balaban J connectivity index is 3.19. The second-order valence-electron chi connectivity index (χ2n) is 2.08. The fourth-order valence-electron chi connectivity index (χ4n) is 0.585. The van der Waals surface area contributed by atoms with Crippen LogP contribution in [0.3, 0.4) is 0 Å². The van der Waals surface area contributed by atoms with E-state index in [-0.39, 0.29) is 6.03 Å². The summed E-state index contributed by atoms with van der Waals surface area (Å²) in [6, 6.07) is -0.837. The number of nitrogens with two attached hydrogens (primary N) is 1. The highest BCUT2D eigenvalue weighted by Gasteiger charge is 1.95. The van der Waals surface area contributed by atoms with Gasteiger partial charge in [-0.05, 0) is 6.92 Å². The zero-order valence-electron chi connectivity index (χ0n) is 7.02. The van der Waals surface area contributed by atoms with Crippen LogP contribution in [0.15, 0.2) is 0 Å². The van der Waals surface area contributed by atoms with Crippen LogP contribution in [0.5, 0.6) is 0 Å². The molecule has 0 fully saturated rings. The quantitative estimate of drug-likeness (QED) is 0.410. The van der Waals surface area contributed by atoms with Gasteiger partial charge in [0.25, 0.3) is 0 Å². The number of amides is 4. The van der Waals surface area contributed by atoms with Gasteiger partial charge < -0.3 is 21.7 Å². The number of hydrogen-bond donors (Lipinski definition) is 4. The molecular weight excluding hydrogens is 160 g/mol. The smallest absolute Gasteiger partial charge is 0.314 e. The second-order valence-corrected chi connectivity index (χ2v) is 2.08. The van der Waals surface area contributed by atoms with Gasteiger partial charge in [0.2, 0.25) is 0 Å². The van der Waals surface area contributed by atoms with Crippen LogP contribution in [-0.2, 0) is 0 Å². The summed E-state index contributed by atoms with van der Waals surface area (Å²) in [7, 11) is 0. The van der Waals surface area contributed by atoms with Crippen molar-refractivity contribution in [2.45, 2.75) is 6.92 Å². The molecule has 0 aromatic rings. The fraction of sp³-hybridized carbons (Fsp3) is 0.667. The highest BCUT2D eigenvalue weighted by atomic mass is 16.2. The molecule has 0 aliphatic carbocycles. The lowest BCUT2D eigenvalue weighted by Gasteiger charge is -2.05. The molecule has 5 N–H and O–H groups in total. The molecule has 70 valence electrons. The van der Waals surface area contributed by atoms with Crippen LogP contribution in [0.4, 0.5) is 9.59 Å². The van der Waals surface area contributed by atoms with Crippen LogP contribution >= 0.6 is 0 Å².